The van der Waals surface area contributed by atoms with E-state index in [1.54, 1.807) is 12.1 Å². The van der Waals surface area contributed by atoms with Crippen LogP contribution < -0.4 is 0 Å². The summed E-state index contributed by atoms with van der Waals surface area (Å²) >= 11 is 5.98. The molecule has 1 aliphatic heterocycles. The van der Waals surface area contributed by atoms with Crippen LogP contribution in [0.2, 0.25) is 5.02 Å². The third kappa shape index (κ3) is 2.57. The highest BCUT2D eigenvalue weighted by Crippen LogP contribution is 2.41. The Kier molecular flexibility index (Phi) is 3.97. The minimum atomic E-state index is 0.0105. The topological polar surface area (TPSA) is 40.5 Å². The fourth-order valence-corrected chi connectivity index (χ4v) is 4.44. The van der Waals surface area contributed by atoms with Crippen molar-refractivity contribution < 1.29 is 9.90 Å². The number of aryl methyl sites for hydroxylation is 1. The first-order chi connectivity index (χ1) is 11.6. The highest BCUT2D eigenvalue weighted by atomic mass is 35.5. The molecule has 124 valence electrons. The molecule has 1 aliphatic carbocycles. The summed E-state index contributed by atoms with van der Waals surface area (Å²) in [5, 5.41) is 9.80. The number of carbonyl (C=O) groups is 1. The number of carbonyl (C=O) groups excluding carboxylic acids is 1. The van der Waals surface area contributed by atoms with Gasteiger partial charge in [0.25, 0.3) is 5.91 Å². The van der Waals surface area contributed by atoms with Crippen LogP contribution >= 0.6 is 11.6 Å². The maximum absolute atomic E-state index is 13.0. The van der Waals surface area contributed by atoms with Crippen LogP contribution in [0.15, 0.2) is 42.5 Å². The molecule has 0 radical (unpaired) electrons. The maximum atomic E-state index is 13.0. The van der Waals surface area contributed by atoms with Crippen molar-refractivity contribution in [3.8, 4) is 5.75 Å². The van der Waals surface area contributed by atoms with Gasteiger partial charge in [-0.1, -0.05) is 35.9 Å². The summed E-state index contributed by atoms with van der Waals surface area (Å²) < 4.78 is 0. The van der Waals surface area contributed by atoms with E-state index < -0.39 is 0 Å². The number of rotatable bonds is 1. The number of phenols is 1. The Balaban J connectivity index is 1.64. The first kappa shape index (κ1) is 15.5. The molecule has 2 aromatic carbocycles. The van der Waals surface area contributed by atoms with Crippen molar-refractivity contribution in [3.63, 3.8) is 0 Å². The Morgan fingerprint density at radius 2 is 2.00 bits per heavy atom. The van der Waals surface area contributed by atoms with Gasteiger partial charge in [-0.15, -0.1) is 0 Å². The van der Waals surface area contributed by atoms with E-state index in [2.05, 4.69) is 24.3 Å². The van der Waals surface area contributed by atoms with E-state index in [1.807, 2.05) is 4.90 Å². The van der Waals surface area contributed by atoms with Crippen molar-refractivity contribution in [3.05, 3.63) is 64.2 Å². The fraction of sp³-hybridized carbons (Fsp3) is 0.350. The van der Waals surface area contributed by atoms with Crippen LogP contribution in [0.4, 0.5) is 0 Å². The third-order valence-electron chi connectivity index (χ3n) is 5.40. The molecular weight excluding hydrogens is 322 g/mol. The van der Waals surface area contributed by atoms with Gasteiger partial charge >= 0.3 is 0 Å². The molecule has 1 N–H and O–H groups in total. The zero-order valence-corrected chi connectivity index (χ0v) is 14.2. The molecule has 1 unspecified atom stereocenters. The van der Waals surface area contributed by atoms with E-state index in [0.717, 1.165) is 32.2 Å². The van der Waals surface area contributed by atoms with Gasteiger partial charge in [-0.05, 0) is 55.0 Å². The molecule has 24 heavy (non-hydrogen) atoms. The second-order valence-corrected chi connectivity index (χ2v) is 7.13. The SMILES string of the molecule is O=C(c1ccc(O)c(Cl)c1)N1CCC[C@@H]2c3ccccc3CCC21. The lowest BCUT2D eigenvalue weighted by molar-refractivity contribution is 0.0547. The lowest BCUT2D eigenvalue weighted by Crippen LogP contribution is -2.49. The first-order valence-corrected chi connectivity index (χ1v) is 8.90. The molecule has 1 fully saturated rings. The smallest absolute Gasteiger partial charge is 0.254 e. The van der Waals surface area contributed by atoms with Gasteiger partial charge in [-0.2, -0.15) is 0 Å². The fourth-order valence-electron chi connectivity index (χ4n) is 4.26. The van der Waals surface area contributed by atoms with Gasteiger partial charge in [0.1, 0.15) is 5.75 Å². The largest absolute Gasteiger partial charge is 0.506 e. The van der Waals surface area contributed by atoms with Crippen LogP contribution in [0.1, 0.15) is 46.7 Å². The van der Waals surface area contributed by atoms with Crippen molar-refractivity contribution in [2.24, 2.45) is 0 Å². The molecule has 0 saturated carbocycles. The number of phenolic OH excluding ortho intramolecular Hbond substituents is 1. The number of amides is 1. The van der Waals surface area contributed by atoms with E-state index in [1.165, 1.54) is 17.2 Å². The second kappa shape index (κ2) is 6.14. The number of piperidine rings is 1. The highest BCUT2D eigenvalue weighted by Gasteiger charge is 2.38. The molecule has 1 amide bonds. The second-order valence-electron chi connectivity index (χ2n) is 6.72. The van der Waals surface area contributed by atoms with E-state index in [9.17, 15) is 9.90 Å². The van der Waals surface area contributed by atoms with Crippen LogP contribution in [0.25, 0.3) is 0 Å². The number of likely N-dealkylation sites (tertiary alicyclic amines) is 1. The Morgan fingerprint density at radius 3 is 2.83 bits per heavy atom. The van der Waals surface area contributed by atoms with E-state index in [0.29, 0.717) is 11.5 Å². The Hall–Kier alpha value is -2.00. The van der Waals surface area contributed by atoms with Crippen molar-refractivity contribution >= 4 is 17.5 Å². The first-order valence-electron chi connectivity index (χ1n) is 8.52. The monoisotopic (exact) mass is 341 g/mol. The zero-order chi connectivity index (χ0) is 16.7. The van der Waals surface area contributed by atoms with Crippen molar-refractivity contribution in [2.75, 3.05) is 6.54 Å². The van der Waals surface area contributed by atoms with Crippen molar-refractivity contribution in [2.45, 2.75) is 37.6 Å². The quantitative estimate of drug-likeness (QED) is 0.836. The van der Waals surface area contributed by atoms with Gasteiger partial charge < -0.3 is 10.0 Å². The normalized spacial score (nSPS) is 22.6. The summed E-state index contributed by atoms with van der Waals surface area (Å²) in [5.74, 6) is 0.461. The average molecular weight is 342 g/mol. The van der Waals surface area contributed by atoms with Gasteiger partial charge in [-0.3, -0.25) is 4.79 Å². The van der Waals surface area contributed by atoms with Gasteiger partial charge in [-0.25, -0.2) is 0 Å². The predicted molar refractivity (Wildman–Crippen MR) is 94.7 cm³/mol. The number of benzene rings is 2. The lowest BCUT2D eigenvalue weighted by Gasteiger charge is -2.45. The molecular formula is C20H20ClNO2. The van der Waals surface area contributed by atoms with E-state index >= 15 is 0 Å². The van der Waals surface area contributed by atoms with Crippen LogP contribution in [-0.4, -0.2) is 28.5 Å². The van der Waals surface area contributed by atoms with Crippen LogP contribution in [-0.2, 0) is 6.42 Å². The standard InChI is InChI=1S/C20H20ClNO2/c21-17-12-14(8-10-19(17)23)20(24)22-11-3-6-16-15-5-2-1-4-13(15)7-9-18(16)22/h1-2,4-5,8,10,12,16,18,23H,3,6-7,9,11H2/t16-,18?/m1/s1. The molecule has 3 nitrogen and oxygen atoms in total. The minimum absolute atomic E-state index is 0.0105. The summed E-state index contributed by atoms with van der Waals surface area (Å²) in [4.78, 5) is 15.0. The Bertz CT molecular complexity index is 789. The third-order valence-corrected chi connectivity index (χ3v) is 5.70. The number of halogens is 1. The molecule has 2 aromatic rings. The van der Waals surface area contributed by atoms with Crippen LogP contribution in [0.3, 0.4) is 0 Å². The molecule has 4 rings (SSSR count). The molecule has 0 bridgehead atoms. The Morgan fingerprint density at radius 1 is 1.17 bits per heavy atom. The highest BCUT2D eigenvalue weighted by molar-refractivity contribution is 6.32. The maximum Gasteiger partial charge on any atom is 0.254 e. The van der Waals surface area contributed by atoms with Crippen LogP contribution in [0.5, 0.6) is 5.75 Å². The summed E-state index contributed by atoms with van der Waals surface area (Å²) in [7, 11) is 0. The van der Waals surface area contributed by atoms with Crippen molar-refractivity contribution in [1.29, 1.82) is 0 Å². The van der Waals surface area contributed by atoms with Gasteiger partial charge in [0, 0.05) is 24.1 Å². The number of fused-ring (bicyclic) bond motifs is 3. The van der Waals surface area contributed by atoms with Gasteiger partial charge in [0.2, 0.25) is 0 Å². The molecule has 2 atom stereocenters. The zero-order valence-electron chi connectivity index (χ0n) is 13.4. The summed E-state index contributed by atoms with van der Waals surface area (Å²) in [6.07, 6.45) is 4.20. The number of hydrogen-bond donors (Lipinski definition) is 1. The summed E-state index contributed by atoms with van der Waals surface area (Å²) in [6.45, 7) is 0.792. The van der Waals surface area contributed by atoms with Gasteiger partial charge in [0.05, 0.1) is 5.02 Å². The number of aromatic hydroxyl groups is 1. The van der Waals surface area contributed by atoms with E-state index in [4.69, 9.17) is 11.6 Å². The minimum Gasteiger partial charge on any atom is -0.506 e. The number of hydrogen-bond acceptors (Lipinski definition) is 2. The van der Waals surface area contributed by atoms with Gasteiger partial charge in [0.15, 0.2) is 0 Å². The molecule has 0 spiro atoms. The van der Waals surface area contributed by atoms with Crippen molar-refractivity contribution in [1.82, 2.24) is 4.90 Å². The summed E-state index contributed by atoms with van der Waals surface area (Å²) in [6, 6.07) is 13.6. The molecule has 1 heterocycles. The van der Waals surface area contributed by atoms with Crippen LogP contribution in [0, 0.1) is 0 Å². The number of nitrogens with zero attached hydrogens (tertiary/aromatic N) is 1. The predicted octanol–water partition coefficient (Wildman–Crippen LogP) is 4.38. The van der Waals surface area contributed by atoms with E-state index in [-0.39, 0.29) is 22.7 Å². The molecule has 2 aliphatic rings. The Labute approximate surface area is 146 Å². The lowest BCUT2D eigenvalue weighted by atomic mass is 9.74. The molecule has 0 aromatic heterocycles. The average Bonchev–Trinajstić information content (AvgIpc) is 2.62. The summed E-state index contributed by atoms with van der Waals surface area (Å²) in [5.41, 5.74) is 3.40. The molecule has 4 heteroatoms. The molecule has 1 saturated heterocycles.